The lowest BCUT2D eigenvalue weighted by molar-refractivity contribution is -0.456. The standard InChI is InChI=1S/C15H11ClN6O2.ClH/c16-8-5-6-11-10(7-8)13(20-15(19-11)21-14(17)18)9-3-1-2-4-12(9)22(23)24;/h1-7H,(H4,17,18,19,20,21);1H. The van der Waals surface area contributed by atoms with E-state index in [0.717, 1.165) is 0 Å². The SMILES string of the molecule is N=C(N)[NH2+]c1nc(-c2ccccc2[N+](=O)[O-])c2cc(Cl)ccc2n1.[Cl-]. The third kappa shape index (κ3) is 3.82. The molecule has 0 unspecified atom stereocenters. The van der Waals surface area contributed by atoms with Gasteiger partial charge in [-0.25, -0.2) is 10.7 Å². The van der Waals surface area contributed by atoms with Gasteiger partial charge in [0.2, 0.25) is 0 Å². The normalized spacial score (nSPS) is 10.3. The topological polar surface area (TPSA) is 135 Å². The smallest absolute Gasteiger partial charge is 0.334 e. The Balaban J connectivity index is 0.00000225. The van der Waals surface area contributed by atoms with Crippen molar-refractivity contribution in [3.05, 3.63) is 57.6 Å². The Kier molecular flexibility index (Phi) is 5.48. The number of nitrogens with one attached hydrogen (secondary N) is 1. The molecule has 128 valence electrons. The summed E-state index contributed by atoms with van der Waals surface area (Å²) in [5.74, 6) is -0.0118. The van der Waals surface area contributed by atoms with Crippen LogP contribution in [0.3, 0.4) is 0 Å². The summed E-state index contributed by atoms with van der Waals surface area (Å²) in [5.41, 5.74) is 6.56. The second-order valence-electron chi connectivity index (χ2n) is 4.97. The van der Waals surface area contributed by atoms with Gasteiger partial charge in [0.05, 0.1) is 21.7 Å². The Bertz CT molecular complexity index is 979. The van der Waals surface area contributed by atoms with Crippen LogP contribution >= 0.6 is 11.6 Å². The molecule has 0 spiro atoms. The molecular formula is C15H12Cl2N6O2. The first-order valence-corrected chi connectivity index (χ1v) is 7.23. The minimum atomic E-state index is -0.470. The highest BCUT2D eigenvalue weighted by atomic mass is 35.5. The molecule has 3 rings (SSSR count). The van der Waals surface area contributed by atoms with Crippen molar-refractivity contribution in [3.63, 3.8) is 0 Å². The highest BCUT2D eigenvalue weighted by Crippen LogP contribution is 2.34. The number of hydrogen-bond acceptors (Lipinski definition) is 5. The molecule has 0 amide bonds. The van der Waals surface area contributed by atoms with Crippen LogP contribution in [0.4, 0.5) is 11.6 Å². The first kappa shape index (κ1) is 18.5. The molecule has 0 fully saturated rings. The highest BCUT2D eigenvalue weighted by Gasteiger charge is 2.20. The van der Waals surface area contributed by atoms with Crippen LogP contribution in [-0.4, -0.2) is 20.9 Å². The molecule has 0 saturated heterocycles. The number of nitro groups is 1. The van der Waals surface area contributed by atoms with Crippen LogP contribution in [0.5, 0.6) is 0 Å². The summed E-state index contributed by atoms with van der Waals surface area (Å²) in [7, 11) is 0. The Hall–Kier alpha value is -2.81. The number of quaternary nitrogens is 1. The molecule has 0 aliphatic carbocycles. The predicted molar refractivity (Wildman–Crippen MR) is 90.1 cm³/mol. The number of para-hydroxylation sites is 1. The zero-order valence-corrected chi connectivity index (χ0v) is 14.1. The number of nitrogens with two attached hydrogens (primary N) is 2. The Morgan fingerprint density at radius 3 is 2.64 bits per heavy atom. The number of halogens is 2. The Labute approximate surface area is 153 Å². The zero-order valence-electron chi connectivity index (χ0n) is 12.6. The monoisotopic (exact) mass is 378 g/mol. The van der Waals surface area contributed by atoms with Gasteiger partial charge in [-0.05, 0) is 24.3 Å². The molecule has 0 saturated carbocycles. The van der Waals surface area contributed by atoms with Crippen molar-refractivity contribution >= 4 is 40.1 Å². The second kappa shape index (κ2) is 7.39. The van der Waals surface area contributed by atoms with Crippen LogP contribution in [0.1, 0.15) is 0 Å². The van der Waals surface area contributed by atoms with Crippen molar-refractivity contribution in [1.82, 2.24) is 9.97 Å². The van der Waals surface area contributed by atoms with Crippen molar-refractivity contribution in [2.75, 3.05) is 0 Å². The van der Waals surface area contributed by atoms with Gasteiger partial charge in [0.1, 0.15) is 0 Å². The van der Waals surface area contributed by atoms with E-state index in [9.17, 15) is 10.1 Å². The second-order valence-corrected chi connectivity index (χ2v) is 5.40. The summed E-state index contributed by atoms with van der Waals surface area (Å²) in [6.45, 7) is 0. The molecule has 0 bridgehead atoms. The van der Waals surface area contributed by atoms with Gasteiger partial charge in [0.25, 0.3) is 11.6 Å². The molecule has 3 aromatic rings. The van der Waals surface area contributed by atoms with Crippen LogP contribution in [-0.2, 0) is 0 Å². The van der Waals surface area contributed by atoms with Gasteiger partial charge in [-0.2, -0.15) is 9.97 Å². The maximum absolute atomic E-state index is 11.3. The number of fused-ring (bicyclic) bond motifs is 1. The lowest BCUT2D eigenvalue weighted by Gasteiger charge is -2.08. The van der Waals surface area contributed by atoms with Gasteiger partial charge < -0.3 is 18.1 Å². The first-order valence-electron chi connectivity index (χ1n) is 6.85. The van der Waals surface area contributed by atoms with Gasteiger partial charge in [0, 0.05) is 16.5 Å². The van der Waals surface area contributed by atoms with Crippen LogP contribution in [0.15, 0.2) is 42.5 Å². The number of aromatic nitrogens is 2. The fourth-order valence-electron chi connectivity index (χ4n) is 2.36. The maximum atomic E-state index is 11.3. The summed E-state index contributed by atoms with van der Waals surface area (Å²) >= 11 is 6.05. The summed E-state index contributed by atoms with van der Waals surface area (Å²) in [6, 6.07) is 11.3. The van der Waals surface area contributed by atoms with Crippen molar-refractivity contribution in [2.45, 2.75) is 0 Å². The van der Waals surface area contributed by atoms with E-state index < -0.39 is 4.92 Å². The average Bonchev–Trinajstić information content (AvgIpc) is 2.54. The molecule has 5 N–H and O–H groups in total. The van der Waals surface area contributed by atoms with Gasteiger partial charge in [-0.1, -0.05) is 23.7 Å². The van der Waals surface area contributed by atoms with Crippen LogP contribution < -0.4 is 23.5 Å². The van der Waals surface area contributed by atoms with Gasteiger partial charge in [0.15, 0.2) is 0 Å². The zero-order chi connectivity index (χ0) is 17.3. The number of hydrogen-bond donors (Lipinski definition) is 3. The predicted octanol–water partition coefficient (Wildman–Crippen LogP) is -1.05. The molecule has 8 nitrogen and oxygen atoms in total. The quantitative estimate of drug-likeness (QED) is 0.231. The molecule has 1 aromatic heterocycles. The van der Waals surface area contributed by atoms with E-state index >= 15 is 0 Å². The number of nitro benzene ring substituents is 1. The molecular weight excluding hydrogens is 367 g/mol. The van der Waals surface area contributed by atoms with Gasteiger partial charge >= 0.3 is 5.95 Å². The fraction of sp³-hybridized carbons (Fsp3) is 0. The minimum Gasteiger partial charge on any atom is -1.00 e. The van der Waals surface area contributed by atoms with E-state index in [1.807, 2.05) is 0 Å². The Morgan fingerprint density at radius 2 is 1.96 bits per heavy atom. The van der Waals surface area contributed by atoms with Gasteiger partial charge in [-0.3, -0.25) is 10.1 Å². The average molecular weight is 379 g/mol. The number of rotatable bonds is 3. The summed E-state index contributed by atoms with van der Waals surface area (Å²) in [5, 5.41) is 21.0. The highest BCUT2D eigenvalue weighted by molar-refractivity contribution is 6.31. The molecule has 10 heteroatoms. The number of guanidine groups is 1. The van der Waals surface area contributed by atoms with Gasteiger partial charge in [-0.15, -0.1) is 0 Å². The first-order chi connectivity index (χ1) is 11.5. The molecule has 0 atom stereocenters. The minimum absolute atomic E-state index is 0. The lowest BCUT2D eigenvalue weighted by atomic mass is 10.0. The maximum Gasteiger partial charge on any atom is 0.334 e. The van der Waals surface area contributed by atoms with Crippen molar-refractivity contribution in [3.8, 4) is 11.3 Å². The summed E-state index contributed by atoms with van der Waals surface area (Å²) in [4.78, 5) is 19.5. The molecule has 0 aliphatic heterocycles. The number of nitrogens with zero attached hydrogens (tertiary/aromatic N) is 3. The molecule has 0 aliphatic rings. The van der Waals surface area contributed by atoms with Crippen LogP contribution in [0.2, 0.25) is 5.02 Å². The lowest BCUT2D eigenvalue weighted by Crippen LogP contribution is -3.00. The summed E-state index contributed by atoms with van der Waals surface area (Å²) < 4.78 is 0. The van der Waals surface area contributed by atoms with E-state index in [4.69, 9.17) is 22.7 Å². The molecule has 0 radical (unpaired) electrons. The Morgan fingerprint density at radius 1 is 1.24 bits per heavy atom. The number of benzene rings is 2. The van der Waals surface area contributed by atoms with Crippen LogP contribution in [0, 0.1) is 15.5 Å². The van der Waals surface area contributed by atoms with E-state index in [1.165, 1.54) is 11.4 Å². The molecule has 2 aromatic carbocycles. The third-order valence-corrected chi connectivity index (χ3v) is 3.55. The molecule has 25 heavy (non-hydrogen) atoms. The van der Waals surface area contributed by atoms with E-state index in [1.54, 1.807) is 36.4 Å². The third-order valence-electron chi connectivity index (χ3n) is 3.32. The largest absolute Gasteiger partial charge is 1.00 e. The molecule has 1 heterocycles. The van der Waals surface area contributed by atoms with E-state index in [-0.39, 0.29) is 30.0 Å². The fourth-order valence-corrected chi connectivity index (χ4v) is 2.53. The van der Waals surface area contributed by atoms with E-state index in [0.29, 0.717) is 27.2 Å². The van der Waals surface area contributed by atoms with Crippen molar-refractivity contribution in [1.29, 1.82) is 5.41 Å². The van der Waals surface area contributed by atoms with Crippen molar-refractivity contribution < 1.29 is 22.6 Å². The van der Waals surface area contributed by atoms with E-state index in [2.05, 4.69) is 9.97 Å². The van der Waals surface area contributed by atoms with Crippen molar-refractivity contribution in [2.24, 2.45) is 5.73 Å². The summed E-state index contributed by atoms with van der Waals surface area (Å²) in [6.07, 6.45) is 0. The van der Waals surface area contributed by atoms with Crippen LogP contribution in [0.25, 0.3) is 22.2 Å².